The molecule has 1 atom stereocenters. The second-order valence-electron chi connectivity index (χ2n) is 2.64. The van der Waals surface area contributed by atoms with Crippen molar-refractivity contribution in [1.82, 2.24) is 0 Å². The van der Waals surface area contributed by atoms with E-state index in [-0.39, 0.29) is 20.9 Å². The third kappa shape index (κ3) is 1.43. The van der Waals surface area contributed by atoms with Gasteiger partial charge in [0, 0.05) is 0 Å². The summed E-state index contributed by atoms with van der Waals surface area (Å²) in [6.07, 6.45) is 2.22. The molecule has 62 valence electrons. The molecule has 1 aliphatic rings. The maximum absolute atomic E-state index is 5.42. The molecule has 12 heavy (non-hydrogen) atoms. The normalized spacial score (nSPS) is 20.6. The molecule has 0 radical (unpaired) electrons. The number of ether oxygens (including phenoxy) is 1. The zero-order valence-corrected chi connectivity index (χ0v) is 9.19. The quantitative estimate of drug-likeness (QED) is 0.712. The number of benzene rings is 1. The molecule has 0 saturated carbocycles. The average Bonchev–Trinajstić information content (AvgIpc) is 2.17. The van der Waals surface area contributed by atoms with Gasteiger partial charge in [-0.2, -0.15) is 0 Å². The van der Waals surface area contributed by atoms with Gasteiger partial charge in [0.2, 0.25) is 0 Å². The van der Waals surface area contributed by atoms with Crippen molar-refractivity contribution in [3.05, 3.63) is 39.5 Å². The molecule has 1 nitrogen and oxygen atoms in total. The Morgan fingerprint density at radius 1 is 1.33 bits per heavy atom. The van der Waals surface area contributed by atoms with Gasteiger partial charge in [-0.3, -0.25) is 0 Å². The van der Waals surface area contributed by atoms with E-state index in [4.69, 9.17) is 4.74 Å². The molecule has 0 saturated heterocycles. The molecule has 0 fully saturated rings. The van der Waals surface area contributed by atoms with Gasteiger partial charge in [0.05, 0.1) is 0 Å². The first-order chi connectivity index (χ1) is 5.92. The number of rotatable bonds is 1. The third-order valence-corrected chi connectivity index (χ3v) is 4.73. The van der Waals surface area contributed by atoms with Gasteiger partial charge in [-0.1, -0.05) is 0 Å². The van der Waals surface area contributed by atoms with Crippen molar-refractivity contribution in [3.8, 4) is 0 Å². The van der Waals surface area contributed by atoms with Gasteiger partial charge in [0.25, 0.3) is 0 Å². The molecule has 2 heteroatoms. The van der Waals surface area contributed by atoms with Gasteiger partial charge >= 0.3 is 82.5 Å². The molecule has 0 bridgehead atoms. The topological polar surface area (TPSA) is 9.23 Å². The summed E-state index contributed by atoms with van der Waals surface area (Å²) in [7, 11) is 1.80. The van der Waals surface area contributed by atoms with E-state index in [0.717, 1.165) is 0 Å². The Bertz CT molecular complexity index is 306. The van der Waals surface area contributed by atoms with Crippen LogP contribution in [0.5, 0.6) is 0 Å². The Morgan fingerprint density at radius 3 is 3.00 bits per heavy atom. The SMILES string of the molecule is COC1[Te]C=Cc2ccccc21. The fraction of sp³-hybridized carbons (Fsp3) is 0.200. The molecular weight excluding hydrogens is 264 g/mol. The summed E-state index contributed by atoms with van der Waals surface area (Å²) in [6, 6.07) is 8.46. The van der Waals surface area contributed by atoms with Crippen LogP contribution in [0.1, 0.15) is 15.3 Å². The summed E-state index contributed by atoms with van der Waals surface area (Å²) in [5.74, 6) is 0. The molecule has 0 aliphatic carbocycles. The second-order valence-corrected chi connectivity index (χ2v) is 5.41. The van der Waals surface area contributed by atoms with Crippen molar-refractivity contribution >= 4 is 27.0 Å². The average molecular weight is 274 g/mol. The summed E-state index contributed by atoms with van der Waals surface area (Å²) in [6.45, 7) is 0. The maximum atomic E-state index is 5.42. The van der Waals surface area contributed by atoms with Crippen LogP contribution in [0.25, 0.3) is 6.08 Å². The van der Waals surface area contributed by atoms with Crippen LogP contribution in [-0.4, -0.2) is 28.0 Å². The molecule has 0 N–H and O–H groups in total. The van der Waals surface area contributed by atoms with E-state index < -0.39 is 0 Å². The van der Waals surface area contributed by atoms with E-state index in [0.29, 0.717) is 4.15 Å². The van der Waals surface area contributed by atoms with E-state index in [1.165, 1.54) is 11.1 Å². The molecule has 1 unspecified atom stereocenters. The molecule has 2 rings (SSSR count). The van der Waals surface area contributed by atoms with E-state index >= 15 is 0 Å². The van der Waals surface area contributed by atoms with Gasteiger partial charge in [0.15, 0.2) is 0 Å². The zero-order chi connectivity index (χ0) is 8.39. The van der Waals surface area contributed by atoms with Gasteiger partial charge in [-0.25, -0.2) is 0 Å². The van der Waals surface area contributed by atoms with Crippen LogP contribution in [-0.2, 0) is 4.74 Å². The van der Waals surface area contributed by atoms with Crippen molar-refractivity contribution in [3.63, 3.8) is 0 Å². The molecular formula is C10H10OTe. The molecule has 1 heterocycles. The Labute approximate surface area is 82.5 Å². The van der Waals surface area contributed by atoms with Crippen molar-refractivity contribution in [2.24, 2.45) is 0 Å². The van der Waals surface area contributed by atoms with Crippen LogP contribution in [0.2, 0.25) is 0 Å². The number of hydrogen-bond acceptors (Lipinski definition) is 1. The van der Waals surface area contributed by atoms with Gasteiger partial charge in [-0.15, -0.1) is 0 Å². The van der Waals surface area contributed by atoms with Crippen molar-refractivity contribution in [2.45, 2.75) is 4.15 Å². The van der Waals surface area contributed by atoms with E-state index in [2.05, 4.69) is 34.5 Å². The molecule has 0 amide bonds. The summed E-state index contributed by atoms with van der Waals surface area (Å²) in [4.78, 5) is 0. The Hall–Kier alpha value is -0.290. The van der Waals surface area contributed by atoms with Crippen molar-refractivity contribution in [1.29, 1.82) is 0 Å². The molecule has 1 aromatic carbocycles. The first-order valence-corrected chi connectivity index (χ1v) is 6.54. The predicted octanol–water partition coefficient (Wildman–Crippen LogP) is 2.02. The van der Waals surface area contributed by atoms with Crippen LogP contribution < -0.4 is 0 Å². The van der Waals surface area contributed by atoms with Crippen LogP contribution in [0.3, 0.4) is 0 Å². The monoisotopic (exact) mass is 276 g/mol. The summed E-state index contributed by atoms with van der Waals surface area (Å²) >= 11 is -0.113. The first kappa shape index (κ1) is 8.31. The van der Waals surface area contributed by atoms with Crippen LogP contribution >= 0.6 is 0 Å². The molecule has 1 aliphatic heterocycles. The fourth-order valence-corrected chi connectivity index (χ4v) is 3.72. The third-order valence-electron chi connectivity index (χ3n) is 1.91. The fourth-order valence-electron chi connectivity index (χ4n) is 1.32. The molecule has 1 aromatic rings. The minimum atomic E-state index is -0.113. The molecule has 0 aromatic heterocycles. The van der Waals surface area contributed by atoms with Gasteiger partial charge in [-0.05, 0) is 0 Å². The predicted molar refractivity (Wildman–Crippen MR) is 51.0 cm³/mol. The standard InChI is InChI=1S/C10H10OTe/c1-11-10-9-5-3-2-4-8(9)6-7-12-10/h2-7,10H,1H3. The van der Waals surface area contributed by atoms with Crippen molar-refractivity contribution < 1.29 is 4.74 Å². The van der Waals surface area contributed by atoms with E-state index in [9.17, 15) is 0 Å². The number of fused-ring (bicyclic) bond motifs is 1. The van der Waals surface area contributed by atoms with Gasteiger partial charge < -0.3 is 0 Å². The van der Waals surface area contributed by atoms with Crippen LogP contribution in [0, 0.1) is 0 Å². The minimum absolute atomic E-state index is 0.113. The zero-order valence-electron chi connectivity index (χ0n) is 6.86. The Kier molecular flexibility index (Phi) is 2.51. The summed E-state index contributed by atoms with van der Waals surface area (Å²) < 4.78 is 8.10. The Morgan fingerprint density at radius 2 is 2.17 bits per heavy atom. The van der Waals surface area contributed by atoms with Crippen molar-refractivity contribution in [2.75, 3.05) is 7.11 Å². The molecule has 0 spiro atoms. The second kappa shape index (κ2) is 3.62. The summed E-state index contributed by atoms with van der Waals surface area (Å²) in [5, 5.41) is 0. The number of hydrogen-bond donors (Lipinski definition) is 0. The van der Waals surface area contributed by atoms with Gasteiger partial charge in [0.1, 0.15) is 0 Å². The van der Waals surface area contributed by atoms with Crippen LogP contribution in [0.15, 0.2) is 28.4 Å². The van der Waals surface area contributed by atoms with Crippen LogP contribution in [0.4, 0.5) is 0 Å². The van der Waals surface area contributed by atoms with E-state index in [1.54, 1.807) is 7.11 Å². The first-order valence-electron chi connectivity index (χ1n) is 3.85. The summed E-state index contributed by atoms with van der Waals surface area (Å²) in [5.41, 5.74) is 2.69. The van der Waals surface area contributed by atoms with E-state index in [1.807, 2.05) is 0 Å². The Balaban J connectivity index is 2.45. The number of methoxy groups -OCH3 is 1.